The first-order chi connectivity index (χ1) is 8.93. The van der Waals surface area contributed by atoms with E-state index in [0.717, 1.165) is 16.6 Å². The summed E-state index contributed by atoms with van der Waals surface area (Å²) in [6, 6.07) is 5.40. The molecule has 0 amide bonds. The van der Waals surface area contributed by atoms with Gasteiger partial charge < -0.3 is 14.7 Å². The van der Waals surface area contributed by atoms with Gasteiger partial charge in [0, 0.05) is 25.2 Å². The summed E-state index contributed by atoms with van der Waals surface area (Å²) in [5, 5.41) is 10.0. The summed E-state index contributed by atoms with van der Waals surface area (Å²) >= 11 is 0. The molecule has 0 spiro atoms. The Morgan fingerprint density at radius 2 is 2.00 bits per heavy atom. The molecule has 0 unspecified atom stereocenters. The number of aromatic nitrogens is 1. The number of pyridine rings is 1. The highest BCUT2D eigenvalue weighted by atomic mass is 16.5. The maximum absolute atomic E-state index is 11.2. The van der Waals surface area contributed by atoms with Crippen molar-refractivity contribution in [1.29, 1.82) is 0 Å². The van der Waals surface area contributed by atoms with Gasteiger partial charge in [-0.1, -0.05) is 0 Å². The molecule has 0 atom stereocenters. The Morgan fingerprint density at radius 3 is 2.53 bits per heavy atom. The minimum absolute atomic E-state index is 0.0124. The zero-order valence-electron chi connectivity index (χ0n) is 11.4. The average molecular weight is 260 g/mol. The van der Waals surface area contributed by atoms with Gasteiger partial charge in [-0.05, 0) is 30.7 Å². The summed E-state index contributed by atoms with van der Waals surface area (Å²) < 4.78 is 5.30. The molecular formula is C14H16N2O3. The number of aromatic carboxylic acids is 1. The van der Waals surface area contributed by atoms with E-state index in [-0.39, 0.29) is 5.69 Å². The number of fused-ring (bicyclic) bond motifs is 1. The van der Waals surface area contributed by atoms with Gasteiger partial charge in [-0.15, -0.1) is 0 Å². The lowest BCUT2D eigenvalue weighted by Crippen LogP contribution is -2.12. The van der Waals surface area contributed by atoms with Gasteiger partial charge in [-0.25, -0.2) is 9.78 Å². The summed E-state index contributed by atoms with van der Waals surface area (Å²) in [6.45, 7) is 1.96. The summed E-state index contributed by atoms with van der Waals surface area (Å²) in [4.78, 5) is 17.2. The molecule has 19 heavy (non-hydrogen) atoms. The minimum Gasteiger partial charge on any atom is -0.494 e. The van der Waals surface area contributed by atoms with Crippen LogP contribution in [0.1, 0.15) is 16.1 Å². The third kappa shape index (κ3) is 2.31. The van der Waals surface area contributed by atoms with Crippen LogP contribution in [0.3, 0.4) is 0 Å². The van der Waals surface area contributed by atoms with Crippen molar-refractivity contribution >= 4 is 22.6 Å². The summed E-state index contributed by atoms with van der Waals surface area (Å²) in [5.41, 5.74) is 2.43. The van der Waals surface area contributed by atoms with Gasteiger partial charge >= 0.3 is 5.97 Å². The van der Waals surface area contributed by atoms with Crippen molar-refractivity contribution in [2.24, 2.45) is 0 Å². The molecule has 5 nitrogen and oxygen atoms in total. The van der Waals surface area contributed by atoms with Crippen LogP contribution in [0.4, 0.5) is 5.69 Å². The molecule has 0 fully saturated rings. The quantitative estimate of drug-likeness (QED) is 0.917. The van der Waals surface area contributed by atoms with Crippen LogP contribution < -0.4 is 9.64 Å². The first kappa shape index (κ1) is 13.1. The van der Waals surface area contributed by atoms with Crippen LogP contribution in [0, 0.1) is 6.92 Å². The zero-order chi connectivity index (χ0) is 14.2. The third-order valence-electron chi connectivity index (χ3n) is 2.92. The second kappa shape index (κ2) is 4.76. The van der Waals surface area contributed by atoms with Crippen molar-refractivity contribution < 1.29 is 14.6 Å². The lowest BCUT2D eigenvalue weighted by atomic mass is 10.1. The van der Waals surface area contributed by atoms with E-state index in [2.05, 4.69) is 4.98 Å². The molecule has 0 saturated carbocycles. The van der Waals surface area contributed by atoms with Gasteiger partial charge in [0.25, 0.3) is 0 Å². The Balaban J connectivity index is 2.90. The SMILES string of the molecule is COc1cc(C)cc2c(N(C)C)cc(C(=O)O)nc12. The number of carboxylic acid groups (broad SMARTS) is 1. The number of hydrogen-bond donors (Lipinski definition) is 1. The Morgan fingerprint density at radius 1 is 1.32 bits per heavy atom. The molecule has 0 aliphatic heterocycles. The molecule has 1 N–H and O–H groups in total. The standard InChI is InChI=1S/C14H16N2O3/c1-8-5-9-11(16(2)3)7-10(14(17)18)15-13(9)12(6-8)19-4/h5-7H,1-4H3,(H,17,18). The van der Waals surface area contributed by atoms with Crippen LogP contribution in [0.2, 0.25) is 0 Å². The molecule has 0 aliphatic rings. The zero-order valence-corrected chi connectivity index (χ0v) is 11.4. The van der Waals surface area contributed by atoms with Crippen LogP contribution >= 0.6 is 0 Å². The molecule has 1 heterocycles. The van der Waals surface area contributed by atoms with Crippen LogP contribution in [0.25, 0.3) is 10.9 Å². The van der Waals surface area contributed by atoms with Crippen LogP contribution in [0.15, 0.2) is 18.2 Å². The van der Waals surface area contributed by atoms with Crippen LogP contribution in [-0.4, -0.2) is 37.3 Å². The summed E-state index contributed by atoms with van der Waals surface area (Å²) in [5.74, 6) is -0.464. The summed E-state index contributed by atoms with van der Waals surface area (Å²) in [7, 11) is 5.29. The van der Waals surface area contributed by atoms with Gasteiger partial charge in [-0.3, -0.25) is 0 Å². The highest BCUT2D eigenvalue weighted by molar-refractivity contribution is 6.00. The lowest BCUT2D eigenvalue weighted by Gasteiger charge is -2.17. The van der Waals surface area contributed by atoms with Crippen molar-refractivity contribution in [3.63, 3.8) is 0 Å². The fraction of sp³-hybridized carbons (Fsp3) is 0.286. The van der Waals surface area contributed by atoms with Gasteiger partial charge in [-0.2, -0.15) is 0 Å². The van der Waals surface area contributed by atoms with E-state index >= 15 is 0 Å². The molecule has 1 aromatic heterocycles. The van der Waals surface area contributed by atoms with Gasteiger partial charge in [0.05, 0.1) is 7.11 Å². The minimum atomic E-state index is -1.05. The van der Waals surface area contributed by atoms with Crippen molar-refractivity contribution in [2.45, 2.75) is 6.92 Å². The number of benzene rings is 1. The molecule has 1 aromatic carbocycles. The Labute approximate surface area is 111 Å². The molecule has 0 radical (unpaired) electrons. The van der Waals surface area contributed by atoms with E-state index in [1.54, 1.807) is 13.2 Å². The second-order valence-electron chi connectivity index (χ2n) is 4.59. The first-order valence-corrected chi connectivity index (χ1v) is 5.84. The van der Waals surface area contributed by atoms with E-state index in [0.29, 0.717) is 11.3 Å². The molecule has 0 saturated heterocycles. The number of ether oxygens (including phenoxy) is 1. The molecule has 0 aliphatic carbocycles. The number of rotatable bonds is 3. The molecule has 2 aromatic rings. The van der Waals surface area contributed by atoms with E-state index in [1.807, 2.05) is 38.1 Å². The van der Waals surface area contributed by atoms with E-state index in [4.69, 9.17) is 9.84 Å². The van der Waals surface area contributed by atoms with E-state index < -0.39 is 5.97 Å². The van der Waals surface area contributed by atoms with Crippen LogP contribution in [0.5, 0.6) is 5.75 Å². The third-order valence-corrected chi connectivity index (χ3v) is 2.92. The maximum atomic E-state index is 11.2. The van der Waals surface area contributed by atoms with Crippen molar-refractivity contribution in [1.82, 2.24) is 4.98 Å². The molecular weight excluding hydrogens is 244 g/mol. The van der Waals surface area contributed by atoms with Crippen molar-refractivity contribution in [2.75, 3.05) is 26.1 Å². The molecule has 2 rings (SSSR count). The maximum Gasteiger partial charge on any atom is 0.354 e. The highest BCUT2D eigenvalue weighted by Gasteiger charge is 2.15. The summed E-state index contributed by atoms with van der Waals surface area (Å²) in [6.07, 6.45) is 0. The molecule has 0 bridgehead atoms. The molecule has 5 heteroatoms. The number of carbonyl (C=O) groups is 1. The largest absolute Gasteiger partial charge is 0.494 e. The van der Waals surface area contributed by atoms with E-state index in [1.165, 1.54) is 0 Å². The number of methoxy groups -OCH3 is 1. The number of aryl methyl sites for hydroxylation is 1. The number of nitrogens with zero attached hydrogens (tertiary/aromatic N) is 2. The van der Waals surface area contributed by atoms with Crippen LogP contribution in [-0.2, 0) is 0 Å². The van der Waals surface area contributed by atoms with Gasteiger partial charge in [0.15, 0.2) is 5.69 Å². The average Bonchev–Trinajstić information content (AvgIpc) is 2.36. The predicted octanol–water partition coefficient (Wildman–Crippen LogP) is 2.32. The number of anilines is 1. The number of carboxylic acids is 1. The van der Waals surface area contributed by atoms with E-state index in [9.17, 15) is 4.79 Å². The fourth-order valence-electron chi connectivity index (χ4n) is 2.05. The lowest BCUT2D eigenvalue weighted by molar-refractivity contribution is 0.0691. The second-order valence-corrected chi connectivity index (χ2v) is 4.59. The Hall–Kier alpha value is -2.30. The topological polar surface area (TPSA) is 62.7 Å². The van der Waals surface area contributed by atoms with Gasteiger partial charge in [0.1, 0.15) is 11.3 Å². The predicted molar refractivity (Wildman–Crippen MR) is 74.3 cm³/mol. The Bertz CT molecular complexity index is 651. The normalized spacial score (nSPS) is 10.5. The van der Waals surface area contributed by atoms with Crippen molar-refractivity contribution in [3.8, 4) is 5.75 Å². The Kier molecular flexibility index (Phi) is 3.29. The molecule has 100 valence electrons. The first-order valence-electron chi connectivity index (χ1n) is 5.84. The fourth-order valence-corrected chi connectivity index (χ4v) is 2.05. The highest BCUT2D eigenvalue weighted by Crippen LogP contribution is 2.32. The monoisotopic (exact) mass is 260 g/mol. The smallest absolute Gasteiger partial charge is 0.354 e. The van der Waals surface area contributed by atoms with Gasteiger partial charge in [0.2, 0.25) is 0 Å². The number of hydrogen-bond acceptors (Lipinski definition) is 4. The van der Waals surface area contributed by atoms with Crippen molar-refractivity contribution in [3.05, 3.63) is 29.5 Å².